The minimum absolute atomic E-state index is 0.370. The van der Waals surface area contributed by atoms with Crippen LogP contribution in [-0.2, 0) is 16.9 Å². The third-order valence-electron chi connectivity index (χ3n) is 3.74. The summed E-state index contributed by atoms with van der Waals surface area (Å²) < 4.78 is 0. The molecule has 1 amide bonds. The van der Waals surface area contributed by atoms with Crippen LogP contribution in [0.15, 0.2) is 29.5 Å². The van der Waals surface area contributed by atoms with Crippen LogP contribution in [0.2, 0.25) is 0 Å². The van der Waals surface area contributed by atoms with Crippen LogP contribution in [0, 0.1) is 0 Å². The van der Waals surface area contributed by atoms with Gasteiger partial charge in [-0.25, -0.2) is 4.98 Å². The van der Waals surface area contributed by atoms with Crippen LogP contribution in [0.4, 0.5) is 0 Å². The van der Waals surface area contributed by atoms with Gasteiger partial charge < -0.3 is 5.73 Å². The van der Waals surface area contributed by atoms with Gasteiger partial charge in [0.25, 0.3) is 0 Å². The zero-order chi connectivity index (χ0) is 14.0. The fraction of sp³-hybridized carbons (Fsp3) is 0.385. The number of nitrogens with two attached hydrogens (primary N) is 1. The molecule has 2 aromatic rings. The third-order valence-corrected chi connectivity index (χ3v) is 4.37. The van der Waals surface area contributed by atoms with E-state index < -0.39 is 5.54 Å². The smallest absolute Gasteiger partial charge is 0.244 e. The van der Waals surface area contributed by atoms with Crippen LogP contribution in [0.5, 0.6) is 0 Å². The molecule has 0 spiro atoms. The molecule has 2 aromatic heterocycles. The van der Waals surface area contributed by atoms with Gasteiger partial charge in [-0.2, -0.15) is 0 Å². The molecule has 1 aliphatic rings. The zero-order valence-corrected chi connectivity index (χ0v) is 11.7. The Morgan fingerprint density at radius 2 is 2.35 bits per heavy atom. The van der Waals surface area contributed by atoms with Crippen molar-refractivity contribution in [3.05, 3.63) is 40.9 Å². The molecule has 1 aliphatic heterocycles. The van der Waals surface area contributed by atoms with E-state index in [9.17, 15) is 4.79 Å². The fourth-order valence-corrected chi connectivity index (χ4v) is 3.36. The predicted octanol–water partition coefficient (Wildman–Crippen LogP) is 0.910. The Morgan fingerprint density at radius 3 is 3.00 bits per heavy atom. The predicted molar refractivity (Wildman–Crippen MR) is 74.7 cm³/mol. The fourth-order valence-electron chi connectivity index (χ4n) is 2.81. The summed E-state index contributed by atoms with van der Waals surface area (Å²) in [5, 5.41) is 1.99. The zero-order valence-electron chi connectivity index (χ0n) is 10.9. The van der Waals surface area contributed by atoms with Gasteiger partial charge in [-0.3, -0.25) is 19.7 Å². The second-order valence-electron chi connectivity index (χ2n) is 4.82. The van der Waals surface area contributed by atoms with Crippen molar-refractivity contribution >= 4 is 17.2 Å². The highest BCUT2D eigenvalue weighted by Crippen LogP contribution is 2.38. The minimum Gasteiger partial charge on any atom is -0.368 e. The van der Waals surface area contributed by atoms with E-state index in [1.807, 2.05) is 5.38 Å². The van der Waals surface area contributed by atoms with Crippen molar-refractivity contribution in [2.45, 2.75) is 24.9 Å². The largest absolute Gasteiger partial charge is 0.368 e. The highest BCUT2D eigenvalue weighted by molar-refractivity contribution is 7.07. The molecular weight excluding hydrogens is 274 g/mol. The van der Waals surface area contributed by atoms with Crippen molar-refractivity contribution in [2.24, 2.45) is 5.73 Å². The average Bonchev–Trinajstić information content (AvgIpc) is 3.10. The second-order valence-corrected chi connectivity index (χ2v) is 5.54. The summed E-state index contributed by atoms with van der Waals surface area (Å²) >= 11 is 1.55. The summed E-state index contributed by atoms with van der Waals surface area (Å²) in [7, 11) is 0. The van der Waals surface area contributed by atoms with Gasteiger partial charge in [0.05, 0.1) is 23.1 Å². The number of likely N-dealkylation sites (tertiary alicyclic amines) is 1. The molecule has 0 bridgehead atoms. The van der Waals surface area contributed by atoms with Gasteiger partial charge in [-0.15, -0.1) is 11.3 Å². The first-order valence-corrected chi connectivity index (χ1v) is 7.36. The Hall–Kier alpha value is -1.86. The van der Waals surface area contributed by atoms with E-state index in [0.29, 0.717) is 18.7 Å². The molecule has 3 rings (SSSR count). The Balaban J connectivity index is 1.98. The number of hydrogen-bond donors (Lipinski definition) is 1. The molecule has 7 heteroatoms. The Labute approximate surface area is 120 Å². The standard InChI is InChI=1S/C13H15N5OS/c14-12(19)13(11-6-15-3-4-16-11)2-1-5-18(13)7-10-8-20-9-17-10/h3-4,6,8-9H,1-2,5,7H2,(H2,14,19)/t13-/m0/s1. The Morgan fingerprint density at radius 1 is 1.45 bits per heavy atom. The van der Waals surface area contributed by atoms with E-state index in [2.05, 4.69) is 19.9 Å². The molecule has 104 valence electrons. The summed E-state index contributed by atoms with van der Waals surface area (Å²) in [4.78, 5) is 26.9. The molecule has 1 saturated heterocycles. The molecule has 6 nitrogen and oxygen atoms in total. The number of carbonyl (C=O) groups excluding carboxylic acids is 1. The van der Waals surface area contributed by atoms with Gasteiger partial charge in [0.15, 0.2) is 0 Å². The number of thiazole rings is 1. The number of amides is 1. The van der Waals surface area contributed by atoms with Crippen molar-refractivity contribution in [3.63, 3.8) is 0 Å². The van der Waals surface area contributed by atoms with Gasteiger partial charge in [-0.1, -0.05) is 0 Å². The molecule has 3 heterocycles. The number of primary amides is 1. The molecule has 0 aliphatic carbocycles. The number of rotatable bonds is 4. The van der Waals surface area contributed by atoms with Crippen molar-refractivity contribution in [1.29, 1.82) is 0 Å². The summed E-state index contributed by atoms with van der Waals surface area (Å²) in [5.74, 6) is -0.370. The van der Waals surface area contributed by atoms with Crippen molar-refractivity contribution in [3.8, 4) is 0 Å². The maximum atomic E-state index is 12.2. The molecule has 0 unspecified atom stereocenters. The molecule has 2 N–H and O–H groups in total. The normalized spacial score (nSPS) is 23.0. The van der Waals surface area contributed by atoms with Crippen LogP contribution in [-0.4, -0.2) is 32.3 Å². The maximum Gasteiger partial charge on any atom is 0.244 e. The van der Waals surface area contributed by atoms with Gasteiger partial charge in [0, 0.05) is 30.9 Å². The van der Waals surface area contributed by atoms with Crippen molar-refractivity contribution in [2.75, 3.05) is 6.54 Å². The molecule has 0 saturated carbocycles. The number of aromatic nitrogens is 3. The lowest BCUT2D eigenvalue weighted by atomic mass is 9.91. The molecule has 0 radical (unpaired) electrons. The highest BCUT2D eigenvalue weighted by Gasteiger charge is 2.49. The monoisotopic (exact) mass is 289 g/mol. The van der Waals surface area contributed by atoms with E-state index >= 15 is 0 Å². The number of carbonyl (C=O) groups is 1. The van der Waals surface area contributed by atoms with Crippen LogP contribution in [0.1, 0.15) is 24.2 Å². The molecule has 20 heavy (non-hydrogen) atoms. The van der Waals surface area contributed by atoms with E-state index in [1.54, 1.807) is 35.4 Å². The average molecular weight is 289 g/mol. The highest BCUT2D eigenvalue weighted by atomic mass is 32.1. The summed E-state index contributed by atoms with van der Waals surface area (Å²) in [6.07, 6.45) is 6.40. The number of hydrogen-bond acceptors (Lipinski definition) is 6. The molecule has 1 atom stereocenters. The lowest BCUT2D eigenvalue weighted by Gasteiger charge is -2.34. The number of nitrogens with zero attached hydrogens (tertiary/aromatic N) is 4. The summed E-state index contributed by atoms with van der Waals surface area (Å²) in [6, 6.07) is 0. The summed E-state index contributed by atoms with van der Waals surface area (Å²) in [5.41, 5.74) is 8.22. The molecule has 1 fully saturated rings. The quantitative estimate of drug-likeness (QED) is 0.904. The van der Waals surface area contributed by atoms with Crippen molar-refractivity contribution < 1.29 is 4.79 Å². The first kappa shape index (κ1) is 13.1. The lowest BCUT2D eigenvalue weighted by molar-refractivity contribution is -0.129. The lowest BCUT2D eigenvalue weighted by Crippen LogP contribution is -2.51. The van der Waals surface area contributed by atoms with Crippen LogP contribution < -0.4 is 5.73 Å². The van der Waals surface area contributed by atoms with Gasteiger partial charge in [0.1, 0.15) is 5.54 Å². The first-order valence-electron chi connectivity index (χ1n) is 6.42. The topological polar surface area (TPSA) is 85.0 Å². The van der Waals surface area contributed by atoms with E-state index in [0.717, 1.165) is 18.7 Å². The van der Waals surface area contributed by atoms with Gasteiger partial charge in [0.2, 0.25) is 5.91 Å². The minimum atomic E-state index is -0.863. The SMILES string of the molecule is NC(=O)[C@@]1(c2cnccn2)CCCN1Cc1cscn1. The Bertz CT molecular complexity index is 588. The summed E-state index contributed by atoms with van der Waals surface area (Å²) in [6.45, 7) is 1.40. The van der Waals surface area contributed by atoms with E-state index in [4.69, 9.17) is 5.73 Å². The van der Waals surface area contributed by atoms with Crippen LogP contribution >= 0.6 is 11.3 Å². The van der Waals surface area contributed by atoms with Crippen LogP contribution in [0.25, 0.3) is 0 Å². The van der Waals surface area contributed by atoms with Gasteiger partial charge >= 0.3 is 0 Å². The molecular formula is C13H15N5OS. The first-order chi connectivity index (χ1) is 9.73. The maximum absolute atomic E-state index is 12.2. The van der Waals surface area contributed by atoms with Gasteiger partial charge in [-0.05, 0) is 12.8 Å². The Kier molecular flexibility index (Phi) is 3.45. The second kappa shape index (κ2) is 5.26. The molecule has 0 aromatic carbocycles. The third kappa shape index (κ3) is 2.08. The van der Waals surface area contributed by atoms with E-state index in [-0.39, 0.29) is 5.91 Å². The van der Waals surface area contributed by atoms with E-state index in [1.165, 1.54) is 0 Å². The van der Waals surface area contributed by atoms with Crippen LogP contribution in [0.3, 0.4) is 0 Å². The van der Waals surface area contributed by atoms with Crippen molar-refractivity contribution in [1.82, 2.24) is 19.9 Å².